The Morgan fingerprint density at radius 2 is 2.21 bits per heavy atom. The van der Waals surface area contributed by atoms with Crippen LogP contribution in [-0.2, 0) is 16.6 Å². The fraction of sp³-hybridized carbons (Fsp3) is 0.800. The molecular formula is C5H11N5O2S2. The molecule has 1 rings (SSSR count). The third-order valence-electron chi connectivity index (χ3n) is 1.66. The van der Waals surface area contributed by atoms with Crippen LogP contribution in [-0.4, -0.2) is 52.8 Å². The molecule has 0 bridgehead atoms. The van der Waals surface area contributed by atoms with Crippen LogP contribution in [0.4, 0.5) is 0 Å². The largest absolute Gasteiger partial charge is 0.241 e. The smallest absolute Gasteiger partial charge is 0.238 e. The first kappa shape index (κ1) is 11.3. The van der Waals surface area contributed by atoms with Crippen molar-refractivity contribution in [3.8, 4) is 0 Å². The van der Waals surface area contributed by atoms with E-state index in [1.54, 1.807) is 0 Å². The highest BCUT2D eigenvalue weighted by atomic mass is 32.2. The molecule has 0 radical (unpaired) electrons. The van der Waals surface area contributed by atoms with Gasteiger partial charge in [-0.15, -0.1) is 0 Å². The second-order valence-electron chi connectivity index (χ2n) is 2.83. The van der Waals surface area contributed by atoms with Gasteiger partial charge in [-0.05, 0) is 12.2 Å². The van der Waals surface area contributed by atoms with Crippen molar-refractivity contribution in [3.63, 3.8) is 0 Å². The molecule has 1 heterocycles. The molecule has 0 spiro atoms. The number of aryl methyl sites for hydroxylation is 1. The van der Waals surface area contributed by atoms with Crippen molar-refractivity contribution in [2.75, 3.05) is 19.8 Å². The van der Waals surface area contributed by atoms with Crippen molar-refractivity contribution >= 4 is 22.2 Å². The first-order valence-corrected chi connectivity index (χ1v) is 5.83. The van der Waals surface area contributed by atoms with E-state index in [-0.39, 0.29) is 17.1 Å². The molecule has 0 aromatic carbocycles. The number of aromatic nitrogens is 4. The number of H-pyrrole nitrogens is 1. The van der Waals surface area contributed by atoms with Gasteiger partial charge in [0.15, 0.2) is 0 Å². The van der Waals surface area contributed by atoms with Crippen molar-refractivity contribution in [1.29, 1.82) is 0 Å². The summed E-state index contributed by atoms with van der Waals surface area (Å²) in [6.45, 7) is 0.229. The normalized spacial score (nSPS) is 12.2. The Balaban J connectivity index is 2.67. The molecule has 1 aromatic rings. The van der Waals surface area contributed by atoms with Crippen LogP contribution < -0.4 is 0 Å². The van der Waals surface area contributed by atoms with E-state index in [0.717, 1.165) is 0 Å². The lowest BCUT2D eigenvalue weighted by Crippen LogP contribution is -2.27. The summed E-state index contributed by atoms with van der Waals surface area (Å²) >= 11 is 4.79. The van der Waals surface area contributed by atoms with Crippen molar-refractivity contribution < 1.29 is 8.42 Å². The zero-order valence-corrected chi connectivity index (χ0v) is 9.47. The summed E-state index contributed by atoms with van der Waals surface area (Å²) < 4.78 is 25.5. The summed E-state index contributed by atoms with van der Waals surface area (Å²) in [7, 11) is -0.229. The molecule has 0 aliphatic rings. The van der Waals surface area contributed by atoms with E-state index < -0.39 is 10.0 Å². The summed E-state index contributed by atoms with van der Waals surface area (Å²) in [5.41, 5.74) is 0. The van der Waals surface area contributed by atoms with Crippen molar-refractivity contribution in [3.05, 3.63) is 4.77 Å². The third kappa shape index (κ3) is 2.59. The van der Waals surface area contributed by atoms with Crippen molar-refractivity contribution in [2.45, 2.75) is 6.54 Å². The minimum atomic E-state index is -3.20. The molecular weight excluding hydrogens is 226 g/mol. The van der Waals surface area contributed by atoms with Crippen molar-refractivity contribution in [2.24, 2.45) is 0 Å². The standard InChI is InChI=1S/C5H11N5O2S2/c1-9(2)14(11,12)4-3-10-5(13)6-7-8-10/h3-4H2,1-2H3,(H,6,8,13). The van der Waals surface area contributed by atoms with E-state index in [1.165, 1.54) is 23.1 Å². The molecule has 1 aromatic heterocycles. The zero-order valence-electron chi connectivity index (χ0n) is 7.84. The molecule has 0 fully saturated rings. The van der Waals surface area contributed by atoms with Crippen LogP contribution in [0.5, 0.6) is 0 Å². The average Bonchev–Trinajstić information content (AvgIpc) is 2.47. The highest BCUT2D eigenvalue weighted by Gasteiger charge is 2.13. The lowest BCUT2D eigenvalue weighted by Gasteiger charge is -2.10. The van der Waals surface area contributed by atoms with Gasteiger partial charge in [-0.2, -0.15) is 5.21 Å². The molecule has 80 valence electrons. The summed E-state index contributed by atoms with van der Waals surface area (Å²) in [6.07, 6.45) is 0. The molecule has 0 aliphatic carbocycles. The topological polar surface area (TPSA) is 83.9 Å². The van der Waals surface area contributed by atoms with E-state index in [4.69, 9.17) is 12.2 Å². The Morgan fingerprint density at radius 3 is 2.64 bits per heavy atom. The molecule has 0 saturated heterocycles. The number of rotatable bonds is 4. The molecule has 0 saturated carbocycles. The fourth-order valence-corrected chi connectivity index (χ4v) is 1.70. The molecule has 0 atom stereocenters. The molecule has 7 nitrogen and oxygen atoms in total. The number of sulfonamides is 1. The van der Waals surface area contributed by atoms with Crippen LogP contribution in [0.1, 0.15) is 0 Å². The van der Waals surface area contributed by atoms with Crippen LogP contribution in [0.2, 0.25) is 0 Å². The van der Waals surface area contributed by atoms with Gasteiger partial charge >= 0.3 is 0 Å². The summed E-state index contributed by atoms with van der Waals surface area (Å²) in [4.78, 5) is 0. The van der Waals surface area contributed by atoms with Gasteiger partial charge in [0, 0.05) is 14.1 Å². The molecule has 9 heteroatoms. The maximum atomic E-state index is 11.4. The van der Waals surface area contributed by atoms with Gasteiger partial charge in [0.1, 0.15) is 0 Å². The number of hydrogen-bond donors (Lipinski definition) is 1. The minimum absolute atomic E-state index is 0.0296. The van der Waals surface area contributed by atoms with E-state index in [2.05, 4.69) is 15.5 Å². The molecule has 1 N–H and O–H groups in total. The Kier molecular flexibility index (Phi) is 3.34. The van der Waals surface area contributed by atoms with E-state index in [9.17, 15) is 8.42 Å². The van der Waals surface area contributed by atoms with Crippen LogP contribution >= 0.6 is 12.2 Å². The Labute approximate surface area is 86.8 Å². The number of nitrogens with zero attached hydrogens (tertiary/aromatic N) is 4. The first-order valence-electron chi connectivity index (χ1n) is 3.81. The third-order valence-corrected chi connectivity index (χ3v) is 3.77. The summed E-state index contributed by atoms with van der Waals surface area (Å²) in [6, 6.07) is 0. The lowest BCUT2D eigenvalue weighted by molar-refractivity contribution is 0.509. The lowest BCUT2D eigenvalue weighted by atomic mass is 10.8. The molecule has 0 amide bonds. The summed E-state index contributed by atoms with van der Waals surface area (Å²) in [5.74, 6) is -0.0296. The van der Waals surface area contributed by atoms with Gasteiger partial charge < -0.3 is 0 Å². The van der Waals surface area contributed by atoms with Gasteiger partial charge in [0.25, 0.3) is 0 Å². The quantitative estimate of drug-likeness (QED) is 0.695. The van der Waals surface area contributed by atoms with Gasteiger partial charge in [-0.3, -0.25) is 0 Å². The van der Waals surface area contributed by atoms with Gasteiger partial charge in [0.05, 0.1) is 12.3 Å². The predicted octanol–water partition coefficient (Wildman–Crippen LogP) is -0.773. The van der Waals surface area contributed by atoms with E-state index >= 15 is 0 Å². The molecule has 0 unspecified atom stereocenters. The Morgan fingerprint density at radius 1 is 1.57 bits per heavy atom. The predicted molar refractivity (Wildman–Crippen MR) is 52.7 cm³/mol. The Bertz CT molecular complexity index is 445. The minimum Gasteiger partial charge on any atom is -0.241 e. The number of nitrogens with one attached hydrogen (secondary N) is 1. The highest BCUT2D eigenvalue weighted by molar-refractivity contribution is 7.89. The van der Waals surface area contributed by atoms with Gasteiger partial charge in [-0.25, -0.2) is 17.4 Å². The fourth-order valence-electron chi connectivity index (χ4n) is 0.751. The number of aromatic amines is 1. The molecule has 0 aliphatic heterocycles. The monoisotopic (exact) mass is 237 g/mol. The van der Waals surface area contributed by atoms with Crippen LogP contribution in [0, 0.1) is 4.77 Å². The number of tetrazole rings is 1. The average molecular weight is 237 g/mol. The zero-order chi connectivity index (χ0) is 10.8. The first-order chi connectivity index (χ1) is 6.43. The SMILES string of the molecule is CN(C)S(=O)(=O)CCn1[nH]nnc1=S. The highest BCUT2D eigenvalue weighted by Crippen LogP contribution is 1.95. The summed E-state index contributed by atoms with van der Waals surface area (Å²) in [5, 5.41) is 9.45. The maximum Gasteiger partial charge on any atom is 0.238 e. The maximum absolute atomic E-state index is 11.4. The van der Waals surface area contributed by atoms with E-state index in [0.29, 0.717) is 0 Å². The van der Waals surface area contributed by atoms with Crippen LogP contribution in [0.15, 0.2) is 0 Å². The van der Waals surface area contributed by atoms with Crippen LogP contribution in [0.25, 0.3) is 0 Å². The Hall–Kier alpha value is -0.800. The van der Waals surface area contributed by atoms with E-state index in [1.807, 2.05) is 0 Å². The second kappa shape index (κ2) is 4.15. The van der Waals surface area contributed by atoms with Gasteiger partial charge in [0.2, 0.25) is 14.8 Å². The second-order valence-corrected chi connectivity index (χ2v) is 5.50. The molecule has 14 heavy (non-hydrogen) atoms. The van der Waals surface area contributed by atoms with Crippen LogP contribution in [0.3, 0.4) is 0 Å². The van der Waals surface area contributed by atoms with Crippen molar-refractivity contribution in [1.82, 2.24) is 24.5 Å². The van der Waals surface area contributed by atoms with Gasteiger partial charge in [-0.1, -0.05) is 10.3 Å². The number of hydrogen-bond acceptors (Lipinski definition) is 5.